The largest absolute Gasteiger partial charge is 0.309 e. The molecule has 1 atom stereocenters. The summed E-state index contributed by atoms with van der Waals surface area (Å²) in [5.41, 5.74) is -18.3. The lowest BCUT2D eigenvalue weighted by atomic mass is 10.1. The van der Waals surface area contributed by atoms with Gasteiger partial charge in [0.15, 0.2) is 31.4 Å². The molecular weight excluding hydrogens is 1340 g/mol. The number of aromatic nitrogens is 11. The predicted octanol–water partition coefficient (Wildman–Crippen LogP) is 19.9. The van der Waals surface area contributed by atoms with Crippen LogP contribution in [0.4, 0.5) is 0 Å². The highest BCUT2D eigenvalue weighted by atomic mass is 28.3. The molecule has 0 N–H and O–H groups in total. The summed E-state index contributed by atoms with van der Waals surface area (Å²) in [5, 5.41) is -13.8. The number of fused-ring (bicyclic) bond motifs is 17. The molecule has 8 heterocycles. The minimum Gasteiger partial charge on any atom is -0.309 e. The van der Waals surface area contributed by atoms with Crippen molar-refractivity contribution >= 4 is 138 Å². The van der Waals surface area contributed by atoms with Crippen LogP contribution in [0.15, 0.2) is 357 Å². The molecule has 0 aliphatic carbocycles. The third-order valence-corrected chi connectivity index (χ3v) is 22.6. The Morgan fingerprint density at radius 2 is 0.528 bits per heavy atom. The van der Waals surface area contributed by atoms with E-state index >= 15 is 0 Å². The van der Waals surface area contributed by atoms with Crippen LogP contribution in [-0.4, -0.2) is 60.8 Å². The molecular formula is C96H59N11Si. The summed E-state index contributed by atoms with van der Waals surface area (Å²) in [6.07, 6.45) is 0. The predicted molar refractivity (Wildman–Crippen MR) is 444 cm³/mol. The molecule has 11 nitrogen and oxygen atoms in total. The molecule has 0 saturated heterocycles. The highest BCUT2D eigenvalue weighted by molar-refractivity contribution is 7.21. The standard InChI is InChI=1S/C96H59N11Si/c1-12-44-76-64(32-1)65-33-2-13-45-77(65)103(76)85-53-21-10-41-74(85)93-97-91(99-95(101-93)106-81-49-17-5-36-68(81)69-37-6-18-50-82(69)106)60-28-25-30-62(58-60)108(88-56-24-23-55-87(88)105-80-48-16-9-40-72(80)73-43-27-57-89(108)90(73)105)63-31-26-29-61(59-63)92-98-94(102-96(100-92)107-83-51-19-7-38-70(83)71-39-8-20-52-84(71)107)75-42-11-22-54-86(75)104-78-46-14-3-34-66(78)67-35-4-15-47-79(67)104/h1-59H/i1D,2D,3D,4D,5D,6D,7D,8D,9D,10D,11D,12D,13D,14D,15D,16D,17D,18D,19D,20D,21D,22D,23D,24D,25D,26D,27D,28D,29D,30D,31D,32D,33D,34D,35D,36D,37D,38D,39D,40D,41D,42D,43D,44D,45D,46D,48D,49D,50D,51D,52D,53D,54D,55D,56D,57D,58D,59D. The zero-order valence-corrected chi connectivity index (χ0v) is 54.5. The van der Waals surface area contributed by atoms with Gasteiger partial charge in [-0.05, 0) is 105 Å². The van der Waals surface area contributed by atoms with E-state index in [2.05, 4.69) is 0 Å². The third-order valence-electron chi connectivity index (χ3n) is 18.4. The summed E-state index contributed by atoms with van der Waals surface area (Å²) in [6.45, 7) is 0. The lowest BCUT2D eigenvalue weighted by Crippen LogP contribution is -2.76. The maximum absolute atomic E-state index is 11.7. The van der Waals surface area contributed by atoms with Crippen LogP contribution in [-0.2, 0) is 0 Å². The number of para-hydroxylation sites is 13. The molecule has 0 amide bonds. The smallest absolute Gasteiger partial charge is 0.238 e. The van der Waals surface area contributed by atoms with Crippen molar-refractivity contribution < 1.29 is 79.5 Å². The maximum Gasteiger partial charge on any atom is 0.238 e. The van der Waals surface area contributed by atoms with Gasteiger partial charge >= 0.3 is 0 Å². The molecule has 0 spiro atoms. The van der Waals surface area contributed by atoms with E-state index in [1.807, 2.05) is 0 Å². The normalized spacial score (nSPS) is 21.1. The second-order valence-electron chi connectivity index (χ2n) is 23.7. The first kappa shape index (κ1) is 26.6. The first-order valence-corrected chi connectivity index (χ1v) is 33.9. The number of hydrogen-bond acceptors (Lipinski definition) is 6. The Morgan fingerprint density at radius 1 is 0.222 bits per heavy atom. The molecule has 0 saturated carbocycles. The van der Waals surface area contributed by atoms with Crippen LogP contribution >= 0.6 is 0 Å². The van der Waals surface area contributed by atoms with Crippen molar-refractivity contribution in [3.8, 4) is 74.5 Å². The summed E-state index contributed by atoms with van der Waals surface area (Å²) in [7, 11) is -7.46. The van der Waals surface area contributed by atoms with Gasteiger partial charge < -0.3 is 13.7 Å². The Morgan fingerprint density at radius 3 is 0.972 bits per heavy atom. The van der Waals surface area contributed by atoms with Crippen molar-refractivity contribution in [2.24, 2.45) is 0 Å². The lowest BCUT2D eigenvalue weighted by molar-refractivity contribution is 0.951. The van der Waals surface area contributed by atoms with Crippen LogP contribution < -0.4 is 20.7 Å². The van der Waals surface area contributed by atoms with Gasteiger partial charge in [0.25, 0.3) is 0 Å². The van der Waals surface area contributed by atoms with Gasteiger partial charge in [-0.1, -0.05) is 272 Å². The second kappa shape index (κ2) is 23.3. The van der Waals surface area contributed by atoms with Gasteiger partial charge in [-0.25, -0.2) is 9.97 Å². The third kappa shape index (κ3) is 8.59. The van der Waals surface area contributed by atoms with Crippen LogP contribution in [0.25, 0.3) is 184 Å². The fourth-order valence-corrected chi connectivity index (χ4v) is 18.3. The molecule has 1 aliphatic heterocycles. The molecule has 1 aliphatic rings. The van der Waals surface area contributed by atoms with E-state index in [4.69, 9.17) is 46.4 Å². The minimum atomic E-state index is -7.46. The summed E-state index contributed by atoms with van der Waals surface area (Å²) >= 11 is 0. The molecule has 7 aromatic heterocycles. The Labute approximate surface area is 700 Å². The molecule has 0 radical (unpaired) electrons. The maximum atomic E-state index is 11.7. The molecule has 108 heavy (non-hydrogen) atoms. The minimum absolute atomic E-state index is 0.478. The molecule has 23 rings (SSSR count). The second-order valence-corrected chi connectivity index (χ2v) is 27.2. The van der Waals surface area contributed by atoms with Gasteiger partial charge in [-0.2, -0.15) is 19.9 Å². The quantitative estimate of drug-likeness (QED) is 0.126. The van der Waals surface area contributed by atoms with Gasteiger partial charge in [-0.3, -0.25) is 9.13 Å². The van der Waals surface area contributed by atoms with Crippen molar-refractivity contribution in [3.05, 3.63) is 357 Å². The fourth-order valence-electron chi connectivity index (χ4n) is 14.1. The Balaban J connectivity index is 0.965. The van der Waals surface area contributed by atoms with E-state index in [9.17, 15) is 63.1 Å². The van der Waals surface area contributed by atoms with Crippen LogP contribution in [0.5, 0.6) is 0 Å². The van der Waals surface area contributed by atoms with E-state index in [0.29, 0.717) is 22.8 Å². The van der Waals surface area contributed by atoms with Crippen molar-refractivity contribution in [2.75, 3.05) is 0 Å². The number of rotatable bonds is 10. The zero-order valence-electron chi connectivity index (χ0n) is 111. The molecule has 22 aromatic rings. The van der Waals surface area contributed by atoms with Crippen molar-refractivity contribution in [1.29, 1.82) is 0 Å². The van der Waals surface area contributed by atoms with Crippen LogP contribution in [0.3, 0.4) is 0 Å². The average Bonchev–Trinajstić information content (AvgIpc) is 1.39. The van der Waals surface area contributed by atoms with Crippen LogP contribution in [0.2, 0.25) is 0 Å². The number of nitrogens with zero attached hydrogens (tertiary/aromatic N) is 11. The highest BCUT2D eigenvalue weighted by Crippen LogP contribution is 2.42. The summed E-state index contributed by atoms with van der Waals surface area (Å²) in [6, 6.07) is -72.3. The monoisotopic (exact) mass is 1450 g/mol. The molecule has 502 valence electrons. The van der Waals surface area contributed by atoms with Gasteiger partial charge in [0, 0.05) is 81.8 Å². The highest BCUT2D eigenvalue weighted by Gasteiger charge is 2.48. The van der Waals surface area contributed by atoms with Gasteiger partial charge in [0.05, 0.1) is 146 Å². The molecule has 15 aromatic carbocycles. The van der Waals surface area contributed by atoms with Gasteiger partial charge in [0.1, 0.15) is 0 Å². The van der Waals surface area contributed by atoms with Crippen molar-refractivity contribution in [2.45, 2.75) is 0 Å². The first-order valence-electron chi connectivity index (χ1n) is 60.9. The van der Waals surface area contributed by atoms with Crippen LogP contribution in [0.1, 0.15) is 79.5 Å². The van der Waals surface area contributed by atoms with E-state index in [0.717, 1.165) is 6.07 Å². The summed E-state index contributed by atoms with van der Waals surface area (Å²) < 4.78 is 571. The van der Waals surface area contributed by atoms with Gasteiger partial charge in [0.2, 0.25) is 11.9 Å². The Hall–Kier alpha value is -14.5. The number of hydrogen-bond donors (Lipinski definition) is 0. The summed E-state index contributed by atoms with van der Waals surface area (Å²) in [4.78, 5) is 28.4. The zero-order chi connectivity index (χ0) is 121. The summed E-state index contributed by atoms with van der Waals surface area (Å²) in [5.74, 6) is -8.66. The van der Waals surface area contributed by atoms with Crippen molar-refractivity contribution in [1.82, 2.24) is 52.7 Å². The lowest BCUT2D eigenvalue weighted by Gasteiger charge is -2.40. The van der Waals surface area contributed by atoms with Crippen molar-refractivity contribution in [3.63, 3.8) is 0 Å². The first-order chi connectivity index (χ1) is 77.7. The van der Waals surface area contributed by atoms with E-state index in [1.54, 1.807) is 0 Å². The Kier molecular flexibility index (Phi) is 5.73. The molecule has 12 heteroatoms. The molecule has 0 bridgehead atoms. The van der Waals surface area contributed by atoms with Gasteiger partial charge in [-0.15, -0.1) is 0 Å². The average molecular weight is 1450 g/mol. The molecule has 0 fully saturated rings. The van der Waals surface area contributed by atoms with E-state index in [1.165, 1.54) is 0 Å². The Bertz CT molecular complexity index is 11000. The number of benzene rings is 15. The van der Waals surface area contributed by atoms with E-state index < -0.39 is 563 Å². The molecule has 1 unspecified atom stereocenters. The SMILES string of the molecule is [2H]c1cc2c(c([2H])c1[2H])c1c([2H])c([2H])c([2H])c([2H])c1n2-c1c([2H])c([2H])c([2H])c([2H])c1-c1nc(-c2c([2H])c([2H])c([2H])c([Si]3(c4c([2H])c([2H])c([2H])c(-c5nc(-c6c([2H])c([2H])c([2H])c([2H])c6-n6c7c([2H])c([2H])c([2H])c([2H])c7c7c([2H])c([2H])c([2H])c([2H])c76)nc(-n6c7c([2H])c([2H])c([2H])c([2H])c7c7c([2H])c([2H])c([2H])c([2H])c76)n5)c4[2H])c4c([2H])c([2H])c([2H])c([2H])c4-n4c5c([2H])c([2H])c([2H])c([2H])c5c5c([2H])c([2H])c([2H])c3c54)c2[2H])nc(-n2c3c([2H])c([2H])c([2H])c([2H])c3c3c([2H])c([2H])c([2H])c([2H])c32)n1. The topological polar surface area (TPSA) is 102 Å². The fraction of sp³-hybridized carbons (Fsp3) is 0. The van der Waals surface area contributed by atoms with E-state index in [-0.39, 0.29) is 0 Å². The van der Waals surface area contributed by atoms with Crippen LogP contribution in [0, 0.1) is 0 Å².